The van der Waals surface area contributed by atoms with E-state index in [4.69, 9.17) is 23.2 Å². The maximum absolute atomic E-state index is 11.4. The first-order valence-corrected chi connectivity index (χ1v) is 7.94. The highest BCUT2D eigenvalue weighted by atomic mass is 35.5. The average molecular weight is 367 g/mol. The molecule has 0 aliphatic rings. The van der Waals surface area contributed by atoms with Gasteiger partial charge in [0.05, 0.1) is 17.4 Å². The molecule has 24 heavy (non-hydrogen) atoms. The van der Waals surface area contributed by atoms with Crippen LogP contribution >= 0.6 is 23.2 Å². The summed E-state index contributed by atoms with van der Waals surface area (Å²) in [5, 5.41) is 13.0. The molecule has 0 fully saturated rings. The topological polar surface area (TPSA) is 69.6 Å². The Morgan fingerprint density at radius 1 is 1.21 bits per heavy atom. The molecule has 2 aromatic rings. The van der Waals surface area contributed by atoms with Crippen LogP contribution in [-0.4, -0.2) is 30.2 Å². The van der Waals surface area contributed by atoms with Crippen molar-refractivity contribution in [3.63, 3.8) is 0 Å². The molecule has 0 saturated carbocycles. The molecule has 0 aliphatic carbocycles. The number of carbonyl (C=O) groups excluding carboxylic acids is 1. The zero-order valence-corrected chi connectivity index (χ0v) is 14.2. The predicted octanol–water partition coefficient (Wildman–Crippen LogP) is 3.20. The van der Waals surface area contributed by atoms with Crippen molar-refractivity contribution in [2.24, 2.45) is 0 Å². The van der Waals surface area contributed by atoms with E-state index in [1.54, 1.807) is 12.1 Å². The number of benzene rings is 2. The third kappa shape index (κ3) is 4.96. The number of hydrogen-bond acceptors (Lipinski definition) is 3. The van der Waals surface area contributed by atoms with E-state index >= 15 is 0 Å². The standard InChI is InChI=1S/C17H16Cl2N2O3/c18-13-6-7-16(14(19)9-13)21(11-22)10-20-15(17(23)24)8-12-4-2-1-3-5-12/h1-7,9,11,15,20H,8,10H2,(H,23,24). The van der Waals surface area contributed by atoms with E-state index in [-0.39, 0.29) is 6.67 Å². The van der Waals surface area contributed by atoms with Crippen molar-refractivity contribution in [2.75, 3.05) is 11.6 Å². The molecule has 126 valence electrons. The van der Waals surface area contributed by atoms with Crippen molar-refractivity contribution < 1.29 is 14.7 Å². The molecular formula is C17H16Cl2N2O3. The SMILES string of the molecule is O=CN(CNC(Cc1ccccc1)C(=O)O)c1ccc(Cl)cc1Cl. The number of rotatable bonds is 8. The van der Waals surface area contributed by atoms with E-state index in [1.165, 1.54) is 11.0 Å². The molecule has 0 bridgehead atoms. The Morgan fingerprint density at radius 2 is 1.92 bits per heavy atom. The predicted molar refractivity (Wildman–Crippen MR) is 94.6 cm³/mol. The largest absolute Gasteiger partial charge is 0.480 e. The lowest BCUT2D eigenvalue weighted by Crippen LogP contribution is -2.44. The Balaban J connectivity index is 2.06. The Morgan fingerprint density at radius 3 is 2.50 bits per heavy atom. The third-order valence-electron chi connectivity index (χ3n) is 3.44. The lowest BCUT2D eigenvalue weighted by molar-refractivity contribution is -0.139. The Hall–Kier alpha value is -2.08. The van der Waals surface area contributed by atoms with Gasteiger partial charge in [-0.05, 0) is 30.2 Å². The molecule has 5 nitrogen and oxygen atoms in total. The molecule has 0 spiro atoms. The summed E-state index contributed by atoms with van der Waals surface area (Å²) in [5.41, 5.74) is 1.34. The van der Waals surface area contributed by atoms with Crippen molar-refractivity contribution in [3.05, 3.63) is 64.1 Å². The van der Waals surface area contributed by atoms with Gasteiger partial charge in [-0.15, -0.1) is 0 Å². The smallest absolute Gasteiger partial charge is 0.321 e. The number of nitrogens with zero attached hydrogens (tertiary/aromatic N) is 1. The number of carbonyl (C=O) groups is 2. The van der Waals surface area contributed by atoms with E-state index in [0.29, 0.717) is 28.6 Å². The second-order valence-corrected chi connectivity index (χ2v) is 5.96. The van der Waals surface area contributed by atoms with Crippen LogP contribution in [0.25, 0.3) is 0 Å². The number of amides is 1. The second-order valence-electron chi connectivity index (χ2n) is 5.11. The second kappa shape index (κ2) is 8.68. The number of hydrogen-bond donors (Lipinski definition) is 2. The third-order valence-corrected chi connectivity index (χ3v) is 3.97. The van der Waals surface area contributed by atoms with Gasteiger partial charge in [-0.25, -0.2) is 0 Å². The zero-order chi connectivity index (χ0) is 17.5. The highest BCUT2D eigenvalue weighted by Crippen LogP contribution is 2.27. The van der Waals surface area contributed by atoms with Crippen LogP contribution in [0.4, 0.5) is 5.69 Å². The van der Waals surface area contributed by atoms with Crippen molar-refractivity contribution in [3.8, 4) is 0 Å². The number of carboxylic acid groups (broad SMARTS) is 1. The van der Waals surface area contributed by atoms with E-state index in [2.05, 4.69) is 5.32 Å². The molecule has 0 radical (unpaired) electrons. The minimum Gasteiger partial charge on any atom is -0.480 e. The molecule has 0 aliphatic heterocycles. The Bertz CT molecular complexity index is 710. The van der Waals surface area contributed by atoms with Gasteiger partial charge in [-0.1, -0.05) is 53.5 Å². The first kappa shape index (κ1) is 18.3. The van der Waals surface area contributed by atoms with Crippen molar-refractivity contribution in [1.82, 2.24) is 5.32 Å². The van der Waals surface area contributed by atoms with Crippen molar-refractivity contribution >= 4 is 41.3 Å². The van der Waals surface area contributed by atoms with Gasteiger partial charge < -0.3 is 10.0 Å². The molecule has 0 heterocycles. The van der Waals surface area contributed by atoms with Crippen LogP contribution in [0.5, 0.6) is 0 Å². The summed E-state index contributed by atoms with van der Waals surface area (Å²) in [4.78, 5) is 24.1. The molecule has 0 aromatic heterocycles. The van der Waals surface area contributed by atoms with Gasteiger partial charge in [0, 0.05) is 5.02 Å². The first-order chi connectivity index (χ1) is 11.5. The van der Waals surface area contributed by atoms with E-state index in [1.807, 2.05) is 30.3 Å². The summed E-state index contributed by atoms with van der Waals surface area (Å²) in [5.74, 6) is -0.994. The van der Waals surface area contributed by atoms with Gasteiger partial charge in [0.2, 0.25) is 6.41 Å². The van der Waals surface area contributed by atoms with Gasteiger partial charge in [-0.2, -0.15) is 0 Å². The van der Waals surface area contributed by atoms with Gasteiger partial charge in [0.15, 0.2) is 0 Å². The van der Waals surface area contributed by atoms with Crippen LogP contribution in [0.2, 0.25) is 10.0 Å². The highest BCUT2D eigenvalue weighted by molar-refractivity contribution is 6.36. The Kier molecular flexibility index (Phi) is 6.61. The minimum atomic E-state index is -0.994. The zero-order valence-electron chi connectivity index (χ0n) is 12.7. The number of anilines is 1. The highest BCUT2D eigenvalue weighted by Gasteiger charge is 2.19. The van der Waals surface area contributed by atoms with Gasteiger partial charge in [0.25, 0.3) is 0 Å². The normalized spacial score (nSPS) is 11.8. The van der Waals surface area contributed by atoms with Crippen molar-refractivity contribution in [2.45, 2.75) is 12.5 Å². The fourth-order valence-corrected chi connectivity index (χ4v) is 2.72. The Labute approximate surface area is 149 Å². The van der Waals surface area contributed by atoms with Gasteiger partial charge in [-0.3, -0.25) is 14.9 Å². The minimum absolute atomic E-state index is 0.00858. The van der Waals surface area contributed by atoms with Crippen LogP contribution in [0.15, 0.2) is 48.5 Å². The number of carboxylic acids is 1. The summed E-state index contributed by atoms with van der Waals surface area (Å²) in [6, 6.07) is 13.2. The molecule has 0 saturated heterocycles. The van der Waals surface area contributed by atoms with Crippen LogP contribution in [0.3, 0.4) is 0 Å². The lowest BCUT2D eigenvalue weighted by Gasteiger charge is -2.22. The summed E-state index contributed by atoms with van der Waals surface area (Å²) in [6.07, 6.45) is 0.890. The summed E-state index contributed by atoms with van der Waals surface area (Å²) in [6.45, 7) is 0.00858. The van der Waals surface area contributed by atoms with Crippen LogP contribution in [-0.2, 0) is 16.0 Å². The molecule has 7 heteroatoms. The van der Waals surface area contributed by atoms with Gasteiger partial charge >= 0.3 is 5.97 Å². The molecular weight excluding hydrogens is 351 g/mol. The number of aliphatic carboxylic acids is 1. The van der Waals surface area contributed by atoms with Crippen molar-refractivity contribution in [1.29, 1.82) is 0 Å². The van der Waals surface area contributed by atoms with Crippen LogP contribution < -0.4 is 10.2 Å². The van der Waals surface area contributed by atoms with Crippen LogP contribution in [0.1, 0.15) is 5.56 Å². The fourth-order valence-electron chi connectivity index (χ4n) is 2.20. The molecule has 2 aromatic carbocycles. The van der Waals surface area contributed by atoms with Gasteiger partial charge in [0.1, 0.15) is 6.04 Å². The van der Waals surface area contributed by atoms with Crippen LogP contribution in [0, 0.1) is 0 Å². The van der Waals surface area contributed by atoms with E-state index in [0.717, 1.165) is 5.56 Å². The number of halogens is 2. The molecule has 2 N–H and O–H groups in total. The summed E-state index contributed by atoms with van der Waals surface area (Å²) < 4.78 is 0. The average Bonchev–Trinajstić information content (AvgIpc) is 2.56. The van der Waals surface area contributed by atoms with E-state index < -0.39 is 12.0 Å². The molecule has 2 rings (SSSR count). The lowest BCUT2D eigenvalue weighted by atomic mass is 10.1. The quantitative estimate of drug-likeness (QED) is 0.555. The summed E-state index contributed by atoms with van der Waals surface area (Å²) in [7, 11) is 0. The van der Waals surface area contributed by atoms with E-state index in [9.17, 15) is 14.7 Å². The molecule has 1 unspecified atom stereocenters. The molecule has 1 amide bonds. The monoisotopic (exact) mass is 366 g/mol. The first-order valence-electron chi connectivity index (χ1n) is 7.18. The summed E-state index contributed by atoms with van der Waals surface area (Å²) >= 11 is 11.9. The fraction of sp³-hybridized carbons (Fsp3) is 0.176. The maximum atomic E-state index is 11.4. The maximum Gasteiger partial charge on any atom is 0.321 e. The number of nitrogens with one attached hydrogen (secondary N) is 1. The molecule has 1 atom stereocenters.